The summed E-state index contributed by atoms with van der Waals surface area (Å²) in [5.41, 5.74) is 0.771. The SMILES string of the molecule is C=C.COC(=O)COc1ccc(OC(C)=O)cc1C. The Bertz CT molecular complexity index is 439. The predicted molar refractivity (Wildman–Crippen MR) is 71.3 cm³/mol. The minimum Gasteiger partial charge on any atom is -0.482 e. The minimum atomic E-state index is -0.450. The third-order valence-corrected chi connectivity index (χ3v) is 1.98. The van der Waals surface area contributed by atoms with E-state index in [1.807, 2.05) is 0 Å². The predicted octanol–water partition coefficient (Wildman–Crippen LogP) is 2.27. The summed E-state index contributed by atoms with van der Waals surface area (Å²) in [5, 5.41) is 0. The van der Waals surface area contributed by atoms with Gasteiger partial charge < -0.3 is 14.2 Å². The van der Waals surface area contributed by atoms with Gasteiger partial charge in [-0.15, -0.1) is 13.2 Å². The van der Waals surface area contributed by atoms with E-state index >= 15 is 0 Å². The summed E-state index contributed by atoms with van der Waals surface area (Å²) in [5.74, 6) is 0.160. The number of carbonyl (C=O) groups excluding carboxylic acids is 2. The lowest BCUT2D eigenvalue weighted by Crippen LogP contribution is -2.13. The lowest BCUT2D eigenvalue weighted by atomic mass is 10.2. The highest BCUT2D eigenvalue weighted by Crippen LogP contribution is 2.23. The number of methoxy groups -OCH3 is 1. The molecule has 0 spiro atoms. The van der Waals surface area contributed by atoms with Crippen LogP contribution in [0, 0.1) is 6.92 Å². The summed E-state index contributed by atoms with van der Waals surface area (Å²) in [7, 11) is 1.29. The zero-order valence-electron chi connectivity index (χ0n) is 11.4. The van der Waals surface area contributed by atoms with Gasteiger partial charge in [0, 0.05) is 6.92 Å². The summed E-state index contributed by atoms with van der Waals surface area (Å²) in [6.07, 6.45) is 0. The van der Waals surface area contributed by atoms with Crippen LogP contribution in [0.3, 0.4) is 0 Å². The van der Waals surface area contributed by atoms with Gasteiger partial charge in [0.25, 0.3) is 0 Å². The first-order valence-corrected chi connectivity index (χ1v) is 5.51. The summed E-state index contributed by atoms with van der Waals surface area (Å²) in [4.78, 5) is 21.6. The lowest BCUT2D eigenvalue weighted by molar-refractivity contribution is -0.143. The molecular formula is C14H18O5. The van der Waals surface area contributed by atoms with Gasteiger partial charge in [-0.3, -0.25) is 4.79 Å². The number of esters is 2. The zero-order valence-corrected chi connectivity index (χ0v) is 11.4. The third kappa shape index (κ3) is 6.26. The van der Waals surface area contributed by atoms with Crippen molar-refractivity contribution in [3.63, 3.8) is 0 Å². The van der Waals surface area contributed by atoms with Crippen LogP contribution in [0.15, 0.2) is 31.4 Å². The van der Waals surface area contributed by atoms with Crippen LogP contribution >= 0.6 is 0 Å². The monoisotopic (exact) mass is 266 g/mol. The van der Waals surface area contributed by atoms with Gasteiger partial charge in [0.1, 0.15) is 11.5 Å². The first kappa shape index (κ1) is 16.7. The molecule has 0 N–H and O–H groups in total. The lowest BCUT2D eigenvalue weighted by Gasteiger charge is -2.09. The van der Waals surface area contributed by atoms with Crippen LogP contribution < -0.4 is 9.47 Å². The molecule has 0 fully saturated rings. The van der Waals surface area contributed by atoms with E-state index in [1.54, 1.807) is 25.1 Å². The Kier molecular flexibility index (Phi) is 7.68. The second-order valence-electron chi connectivity index (χ2n) is 3.39. The van der Waals surface area contributed by atoms with E-state index in [9.17, 15) is 9.59 Å². The molecule has 1 aromatic carbocycles. The van der Waals surface area contributed by atoms with Crippen LogP contribution in [0.5, 0.6) is 11.5 Å². The Labute approximate surface area is 112 Å². The average Bonchev–Trinajstić information content (AvgIpc) is 2.39. The molecule has 0 aliphatic rings. The zero-order chi connectivity index (χ0) is 14.8. The van der Waals surface area contributed by atoms with Crippen molar-refractivity contribution < 1.29 is 23.8 Å². The number of hydrogen-bond acceptors (Lipinski definition) is 5. The molecule has 0 atom stereocenters. The van der Waals surface area contributed by atoms with Crippen LogP contribution in [0.2, 0.25) is 0 Å². The number of hydrogen-bond donors (Lipinski definition) is 0. The van der Waals surface area contributed by atoms with E-state index in [1.165, 1.54) is 14.0 Å². The first-order valence-electron chi connectivity index (χ1n) is 5.51. The van der Waals surface area contributed by atoms with Crippen molar-refractivity contribution in [1.82, 2.24) is 0 Å². The van der Waals surface area contributed by atoms with Crippen molar-refractivity contribution in [3.8, 4) is 11.5 Å². The maximum absolute atomic E-state index is 10.9. The summed E-state index contributed by atoms with van der Waals surface area (Å²) in [6.45, 7) is 8.97. The van der Waals surface area contributed by atoms with Crippen LogP contribution in [0.1, 0.15) is 12.5 Å². The first-order chi connectivity index (χ1) is 9.02. The van der Waals surface area contributed by atoms with E-state index in [0.29, 0.717) is 11.5 Å². The van der Waals surface area contributed by atoms with Gasteiger partial charge in [-0.1, -0.05) is 0 Å². The number of benzene rings is 1. The fourth-order valence-electron chi connectivity index (χ4n) is 1.21. The van der Waals surface area contributed by atoms with E-state index in [0.717, 1.165) is 5.56 Å². The molecular weight excluding hydrogens is 248 g/mol. The highest BCUT2D eigenvalue weighted by atomic mass is 16.6. The molecule has 5 nitrogen and oxygen atoms in total. The largest absolute Gasteiger partial charge is 0.482 e. The smallest absolute Gasteiger partial charge is 0.343 e. The Morgan fingerprint density at radius 3 is 2.37 bits per heavy atom. The molecule has 1 rings (SSSR count). The highest BCUT2D eigenvalue weighted by Gasteiger charge is 2.06. The molecule has 0 saturated carbocycles. The molecule has 0 amide bonds. The second-order valence-corrected chi connectivity index (χ2v) is 3.39. The van der Waals surface area contributed by atoms with E-state index in [2.05, 4.69) is 17.9 Å². The van der Waals surface area contributed by atoms with Crippen LogP contribution in [0.25, 0.3) is 0 Å². The van der Waals surface area contributed by atoms with E-state index < -0.39 is 5.97 Å². The Balaban J connectivity index is 0.00000154. The third-order valence-electron chi connectivity index (χ3n) is 1.98. The van der Waals surface area contributed by atoms with Crippen molar-refractivity contribution >= 4 is 11.9 Å². The number of rotatable bonds is 4. The quantitative estimate of drug-likeness (QED) is 0.475. The van der Waals surface area contributed by atoms with Crippen molar-refractivity contribution in [2.45, 2.75) is 13.8 Å². The molecule has 0 heterocycles. The van der Waals surface area contributed by atoms with Crippen molar-refractivity contribution in [2.24, 2.45) is 0 Å². The Morgan fingerprint density at radius 2 is 1.89 bits per heavy atom. The van der Waals surface area contributed by atoms with Gasteiger partial charge in [-0.25, -0.2) is 4.79 Å². The van der Waals surface area contributed by atoms with Gasteiger partial charge in [0.2, 0.25) is 0 Å². The number of carbonyl (C=O) groups is 2. The molecule has 104 valence electrons. The number of aryl methyl sites for hydroxylation is 1. The van der Waals surface area contributed by atoms with Crippen molar-refractivity contribution in [3.05, 3.63) is 36.9 Å². The Morgan fingerprint density at radius 1 is 1.26 bits per heavy atom. The van der Waals surface area contributed by atoms with E-state index in [-0.39, 0.29) is 12.6 Å². The van der Waals surface area contributed by atoms with Crippen molar-refractivity contribution in [1.29, 1.82) is 0 Å². The maximum Gasteiger partial charge on any atom is 0.343 e. The van der Waals surface area contributed by atoms with Gasteiger partial charge in [-0.05, 0) is 30.7 Å². The molecule has 0 unspecified atom stereocenters. The molecule has 0 aromatic heterocycles. The highest BCUT2D eigenvalue weighted by molar-refractivity contribution is 5.71. The normalized spacial score (nSPS) is 8.79. The van der Waals surface area contributed by atoms with Gasteiger partial charge in [0.05, 0.1) is 7.11 Å². The topological polar surface area (TPSA) is 61.8 Å². The maximum atomic E-state index is 10.9. The second kappa shape index (κ2) is 8.74. The Hall–Kier alpha value is -2.30. The summed E-state index contributed by atoms with van der Waals surface area (Å²) < 4.78 is 14.6. The standard InChI is InChI=1S/C12H14O5.C2H4/c1-8-6-10(17-9(2)13)4-5-11(8)16-7-12(14)15-3;1-2/h4-6H,7H2,1-3H3;1-2H2. The molecule has 0 aliphatic heterocycles. The molecule has 1 aromatic rings. The molecule has 19 heavy (non-hydrogen) atoms. The fourth-order valence-corrected chi connectivity index (χ4v) is 1.21. The van der Waals surface area contributed by atoms with E-state index in [4.69, 9.17) is 9.47 Å². The van der Waals surface area contributed by atoms with Crippen LogP contribution in [-0.4, -0.2) is 25.7 Å². The summed E-state index contributed by atoms with van der Waals surface area (Å²) >= 11 is 0. The van der Waals surface area contributed by atoms with Gasteiger partial charge in [0.15, 0.2) is 6.61 Å². The van der Waals surface area contributed by atoms with Gasteiger partial charge in [-0.2, -0.15) is 0 Å². The van der Waals surface area contributed by atoms with Gasteiger partial charge >= 0.3 is 11.9 Å². The molecule has 0 bridgehead atoms. The molecule has 0 aliphatic carbocycles. The van der Waals surface area contributed by atoms with Crippen LogP contribution in [0.4, 0.5) is 0 Å². The van der Waals surface area contributed by atoms with Crippen LogP contribution in [-0.2, 0) is 14.3 Å². The minimum absolute atomic E-state index is 0.149. The molecule has 5 heteroatoms. The molecule has 0 radical (unpaired) electrons. The summed E-state index contributed by atoms with van der Waals surface area (Å²) in [6, 6.07) is 4.89. The average molecular weight is 266 g/mol. The number of ether oxygens (including phenoxy) is 3. The molecule has 0 saturated heterocycles. The van der Waals surface area contributed by atoms with Crippen molar-refractivity contribution in [2.75, 3.05) is 13.7 Å². The fraction of sp³-hybridized carbons (Fsp3) is 0.286.